The maximum Gasteiger partial charge on any atom is 0.335 e. The number of nitrogens with one attached hydrogen (secondary N) is 1. The van der Waals surface area contributed by atoms with Crippen molar-refractivity contribution in [1.82, 2.24) is 9.55 Å². The van der Waals surface area contributed by atoms with Crippen LogP contribution in [0, 0.1) is 0 Å². The molecule has 0 spiro atoms. The Bertz CT molecular complexity index is 1010. The van der Waals surface area contributed by atoms with Crippen molar-refractivity contribution < 1.29 is 19.4 Å². The maximum atomic E-state index is 12.1. The molecule has 3 aromatic rings. The molecule has 1 aliphatic rings. The zero-order valence-electron chi connectivity index (χ0n) is 14.5. The van der Waals surface area contributed by atoms with Gasteiger partial charge in [-0.05, 0) is 42.0 Å². The molecule has 136 valence electrons. The number of fused-ring (bicyclic) bond motifs is 1. The minimum absolute atomic E-state index is 0.116. The number of ether oxygens (including phenoxy) is 1. The van der Waals surface area contributed by atoms with E-state index in [0.29, 0.717) is 5.82 Å². The molecule has 0 fully saturated rings. The second kappa shape index (κ2) is 6.60. The van der Waals surface area contributed by atoms with Crippen molar-refractivity contribution in [3.05, 3.63) is 71.7 Å². The summed E-state index contributed by atoms with van der Waals surface area (Å²) in [6, 6.07) is 14.2. The van der Waals surface area contributed by atoms with Gasteiger partial charge in [-0.2, -0.15) is 0 Å². The molecule has 1 aromatic heterocycles. The number of methoxy groups -OCH3 is 1. The Morgan fingerprint density at radius 3 is 2.52 bits per heavy atom. The van der Waals surface area contributed by atoms with Crippen molar-refractivity contribution in [2.75, 3.05) is 12.4 Å². The first-order valence-electron chi connectivity index (χ1n) is 8.41. The number of benzene rings is 2. The molecule has 1 aliphatic heterocycles. The molecule has 7 heteroatoms. The highest BCUT2D eigenvalue weighted by atomic mass is 16.5. The Labute approximate surface area is 155 Å². The Kier molecular flexibility index (Phi) is 4.12. The van der Waals surface area contributed by atoms with Crippen LogP contribution in [-0.4, -0.2) is 33.6 Å². The van der Waals surface area contributed by atoms with E-state index in [0.717, 1.165) is 22.7 Å². The number of hydrogen-bond acceptors (Lipinski definition) is 4. The number of carboxylic acids is 1. The molecule has 1 amide bonds. The van der Waals surface area contributed by atoms with Crippen LogP contribution in [0.2, 0.25) is 0 Å². The predicted molar refractivity (Wildman–Crippen MR) is 98.6 cm³/mol. The number of amides is 1. The largest absolute Gasteiger partial charge is 0.497 e. The number of rotatable bonds is 4. The number of hydrogen-bond donors (Lipinski definition) is 2. The predicted octanol–water partition coefficient (Wildman–Crippen LogP) is 3.05. The van der Waals surface area contributed by atoms with Gasteiger partial charge < -0.3 is 19.7 Å². The maximum absolute atomic E-state index is 12.1. The quantitative estimate of drug-likeness (QED) is 0.743. The lowest BCUT2D eigenvalue weighted by molar-refractivity contribution is -0.116. The number of aromatic nitrogens is 2. The van der Waals surface area contributed by atoms with Crippen molar-refractivity contribution in [2.24, 2.45) is 0 Å². The van der Waals surface area contributed by atoms with E-state index in [1.807, 2.05) is 28.8 Å². The molecule has 1 unspecified atom stereocenters. The number of carbonyl (C=O) groups is 2. The monoisotopic (exact) mass is 363 g/mol. The van der Waals surface area contributed by atoms with Crippen LogP contribution in [0.3, 0.4) is 0 Å². The van der Waals surface area contributed by atoms with E-state index in [4.69, 9.17) is 9.84 Å². The summed E-state index contributed by atoms with van der Waals surface area (Å²) in [4.78, 5) is 27.6. The van der Waals surface area contributed by atoms with Crippen LogP contribution in [0.5, 0.6) is 5.75 Å². The molecule has 0 saturated carbocycles. The van der Waals surface area contributed by atoms with Crippen molar-refractivity contribution in [3.63, 3.8) is 0 Å². The lowest BCUT2D eigenvalue weighted by atomic mass is 9.89. The zero-order chi connectivity index (χ0) is 19.0. The van der Waals surface area contributed by atoms with E-state index >= 15 is 0 Å². The topological polar surface area (TPSA) is 93.5 Å². The Morgan fingerprint density at radius 2 is 1.89 bits per heavy atom. The van der Waals surface area contributed by atoms with Crippen molar-refractivity contribution in [3.8, 4) is 11.4 Å². The van der Waals surface area contributed by atoms with Gasteiger partial charge in [-0.3, -0.25) is 4.79 Å². The minimum atomic E-state index is -0.980. The fourth-order valence-corrected chi connectivity index (χ4v) is 3.33. The normalized spacial score (nSPS) is 15.7. The molecule has 2 N–H and O–H groups in total. The Balaban J connectivity index is 1.78. The van der Waals surface area contributed by atoms with Crippen molar-refractivity contribution in [2.45, 2.75) is 12.3 Å². The van der Waals surface area contributed by atoms with Gasteiger partial charge in [-0.1, -0.05) is 12.1 Å². The highest BCUT2D eigenvalue weighted by molar-refractivity contribution is 5.94. The van der Waals surface area contributed by atoms with Gasteiger partial charge >= 0.3 is 5.97 Å². The molecule has 0 saturated heterocycles. The van der Waals surface area contributed by atoms with Crippen LogP contribution in [0.25, 0.3) is 5.69 Å². The highest BCUT2D eigenvalue weighted by Gasteiger charge is 2.31. The van der Waals surface area contributed by atoms with Gasteiger partial charge in [-0.15, -0.1) is 0 Å². The summed E-state index contributed by atoms with van der Waals surface area (Å²) in [6.45, 7) is 0. The fraction of sp³-hybridized carbons (Fsp3) is 0.150. The number of carbonyl (C=O) groups excluding carboxylic acids is 1. The first-order chi connectivity index (χ1) is 13.1. The number of anilines is 1. The average molecular weight is 363 g/mol. The third kappa shape index (κ3) is 3.03. The SMILES string of the molecule is COc1ccc(-n2cnc3c2C(c2ccc(C(=O)O)cc2)CC(=O)N3)cc1. The van der Waals surface area contributed by atoms with Crippen LogP contribution < -0.4 is 10.1 Å². The summed E-state index contributed by atoms with van der Waals surface area (Å²) in [5.74, 6) is -0.0425. The summed E-state index contributed by atoms with van der Waals surface area (Å²) in [5.41, 5.74) is 2.84. The molecular formula is C20H17N3O4. The van der Waals surface area contributed by atoms with E-state index in [2.05, 4.69) is 10.3 Å². The molecular weight excluding hydrogens is 346 g/mol. The molecule has 0 bridgehead atoms. The zero-order valence-corrected chi connectivity index (χ0v) is 14.5. The van der Waals surface area contributed by atoms with Crippen LogP contribution >= 0.6 is 0 Å². The van der Waals surface area contributed by atoms with Crippen LogP contribution in [0.4, 0.5) is 5.82 Å². The second-order valence-electron chi connectivity index (χ2n) is 6.28. The molecule has 2 aromatic carbocycles. The van der Waals surface area contributed by atoms with Gasteiger partial charge in [-0.25, -0.2) is 9.78 Å². The van der Waals surface area contributed by atoms with Gasteiger partial charge in [0.1, 0.15) is 12.1 Å². The lowest BCUT2D eigenvalue weighted by Crippen LogP contribution is -2.25. The van der Waals surface area contributed by atoms with Crippen LogP contribution in [0.1, 0.15) is 34.0 Å². The summed E-state index contributed by atoms with van der Waals surface area (Å²) >= 11 is 0. The molecule has 4 rings (SSSR count). The molecule has 0 aliphatic carbocycles. The fourth-order valence-electron chi connectivity index (χ4n) is 3.33. The Hall–Kier alpha value is -3.61. The summed E-state index contributed by atoms with van der Waals surface area (Å²) in [7, 11) is 1.61. The summed E-state index contributed by atoms with van der Waals surface area (Å²) < 4.78 is 7.14. The van der Waals surface area contributed by atoms with Crippen LogP contribution in [0.15, 0.2) is 54.9 Å². The number of nitrogens with zero attached hydrogens (tertiary/aromatic N) is 2. The van der Waals surface area contributed by atoms with E-state index < -0.39 is 5.97 Å². The van der Waals surface area contributed by atoms with Crippen molar-refractivity contribution >= 4 is 17.7 Å². The van der Waals surface area contributed by atoms with E-state index in [-0.39, 0.29) is 23.8 Å². The Morgan fingerprint density at radius 1 is 1.19 bits per heavy atom. The van der Waals surface area contributed by atoms with Gasteiger partial charge in [0.05, 0.1) is 18.4 Å². The van der Waals surface area contributed by atoms with E-state index in [1.165, 1.54) is 0 Å². The lowest BCUT2D eigenvalue weighted by Gasteiger charge is -2.25. The highest BCUT2D eigenvalue weighted by Crippen LogP contribution is 2.38. The van der Waals surface area contributed by atoms with Gasteiger partial charge in [0.15, 0.2) is 5.82 Å². The van der Waals surface area contributed by atoms with E-state index in [9.17, 15) is 9.59 Å². The first kappa shape index (κ1) is 16.8. The first-order valence-corrected chi connectivity index (χ1v) is 8.41. The van der Waals surface area contributed by atoms with Crippen molar-refractivity contribution in [1.29, 1.82) is 0 Å². The third-order valence-corrected chi connectivity index (χ3v) is 4.69. The number of aromatic carboxylic acids is 1. The summed E-state index contributed by atoms with van der Waals surface area (Å²) in [5, 5.41) is 11.9. The summed E-state index contributed by atoms with van der Waals surface area (Å²) in [6.07, 6.45) is 1.94. The molecule has 27 heavy (non-hydrogen) atoms. The third-order valence-electron chi connectivity index (χ3n) is 4.69. The van der Waals surface area contributed by atoms with Gasteiger partial charge in [0.25, 0.3) is 0 Å². The average Bonchev–Trinajstić information content (AvgIpc) is 3.11. The van der Waals surface area contributed by atoms with E-state index in [1.54, 1.807) is 37.7 Å². The number of carboxylic acid groups (broad SMARTS) is 1. The molecule has 7 nitrogen and oxygen atoms in total. The minimum Gasteiger partial charge on any atom is -0.497 e. The second-order valence-corrected chi connectivity index (χ2v) is 6.28. The number of imidazole rings is 1. The molecule has 2 heterocycles. The molecule has 1 atom stereocenters. The van der Waals surface area contributed by atoms with Gasteiger partial charge in [0.2, 0.25) is 5.91 Å². The standard InChI is InChI=1S/C20H17N3O4/c1-27-15-8-6-14(7-9-15)23-11-21-19-18(23)16(10-17(24)22-19)12-2-4-13(5-3-12)20(25)26/h2-9,11,16H,10H2,1H3,(H,22,24)(H,25,26). The van der Waals surface area contributed by atoms with Crippen LogP contribution in [-0.2, 0) is 4.79 Å². The molecule has 0 radical (unpaired) electrons. The smallest absolute Gasteiger partial charge is 0.335 e. The van der Waals surface area contributed by atoms with Gasteiger partial charge in [0, 0.05) is 18.0 Å².